The molecule has 1 fully saturated rings. The van der Waals surface area contributed by atoms with Crippen molar-refractivity contribution in [3.05, 3.63) is 35.9 Å². The van der Waals surface area contributed by atoms with Crippen LogP contribution in [0.5, 0.6) is 0 Å². The molecule has 0 aromatic heterocycles. The molecule has 112 valence electrons. The molecule has 1 saturated heterocycles. The predicted octanol–water partition coefficient (Wildman–Crippen LogP) is -0.289. The van der Waals surface area contributed by atoms with E-state index in [0.717, 1.165) is 0 Å². The van der Waals surface area contributed by atoms with Crippen LogP contribution in [-0.2, 0) is 9.59 Å². The Morgan fingerprint density at radius 3 is 1.86 bits per heavy atom. The van der Waals surface area contributed by atoms with Gasteiger partial charge in [0.05, 0.1) is 26.3 Å². The Kier molecular flexibility index (Phi) is 5.00. The lowest BCUT2D eigenvalue weighted by Gasteiger charge is -2.39. The van der Waals surface area contributed by atoms with Crippen molar-refractivity contribution in [3.8, 4) is 0 Å². The van der Waals surface area contributed by atoms with Crippen molar-refractivity contribution in [2.75, 3.05) is 26.3 Å². The van der Waals surface area contributed by atoms with Gasteiger partial charge in [-0.2, -0.15) is 0 Å². The molecular formula is C14H16N2O4S. The average Bonchev–Trinajstić information content (AvgIpc) is 2.49. The average molecular weight is 308 g/mol. The lowest BCUT2D eigenvalue weighted by atomic mass is 9.94. The molecular weight excluding hydrogens is 292 g/mol. The first-order valence-corrected chi connectivity index (χ1v) is 6.96. The topological polar surface area (TPSA) is 81.1 Å². The van der Waals surface area contributed by atoms with E-state index in [4.69, 9.17) is 22.4 Å². The zero-order valence-electron chi connectivity index (χ0n) is 11.3. The molecule has 0 spiro atoms. The van der Waals surface area contributed by atoms with Gasteiger partial charge in [0.2, 0.25) is 11.8 Å². The number of thiocarbonyl (C=S) groups is 1. The number of hydrogen-bond donors (Lipinski definition) is 2. The third-order valence-corrected chi connectivity index (χ3v) is 3.71. The summed E-state index contributed by atoms with van der Waals surface area (Å²) >= 11 is 5.12. The number of hydrogen-bond acceptors (Lipinski definition) is 5. The van der Waals surface area contributed by atoms with Crippen LogP contribution in [-0.4, -0.2) is 63.2 Å². The fourth-order valence-corrected chi connectivity index (χ4v) is 2.66. The summed E-state index contributed by atoms with van der Waals surface area (Å²) in [5.41, 5.74) is 0.570. The molecule has 0 atom stereocenters. The van der Waals surface area contributed by atoms with Crippen molar-refractivity contribution in [2.24, 2.45) is 0 Å². The van der Waals surface area contributed by atoms with Crippen molar-refractivity contribution < 1.29 is 19.8 Å². The monoisotopic (exact) mass is 308 g/mol. The van der Waals surface area contributed by atoms with Crippen molar-refractivity contribution in [3.63, 3.8) is 0 Å². The molecule has 0 unspecified atom stereocenters. The van der Waals surface area contributed by atoms with Crippen LogP contribution in [0.2, 0.25) is 0 Å². The Hall–Kier alpha value is -1.83. The molecule has 1 aromatic rings. The van der Waals surface area contributed by atoms with Crippen LogP contribution < -0.4 is 0 Å². The van der Waals surface area contributed by atoms with Gasteiger partial charge in [0.15, 0.2) is 5.11 Å². The van der Waals surface area contributed by atoms with Gasteiger partial charge >= 0.3 is 0 Å². The smallest absolute Gasteiger partial charge is 0.245 e. The van der Waals surface area contributed by atoms with Crippen LogP contribution in [0, 0.1) is 0 Å². The molecule has 0 saturated carbocycles. The molecule has 2 N–H and O–H groups in total. The van der Waals surface area contributed by atoms with E-state index in [0.29, 0.717) is 5.56 Å². The minimum atomic E-state index is -0.990. The number of β-amino-alcohol motifs (C(OH)–C–C–N with tert-alkyl or cyclic N) is 2. The first-order valence-electron chi connectivity index (χ1n) is 6.55. The van der Waals surface area contributed by atoms with Gasteiger partial charge in [-0.3, -0.25) is 19.4 Å². The third-order valence-electron chi connectivity index (χ3n) is 3.27. The largest absolute Gasteiger partial charge is 0.395 e. The Balaban J connectivity index is 2.40. The molecule has 6 nitrogen and oxygen atoms in total. The van der Waals surface area contributed by atoms with E-state index in [-0.39, 0.29) is 31.4 Å². The minimum absolute atomic E-state index is 0.0240. The van der Waals surface area contributed by atoms with Crippen LogP contribution in [0.25, 0.3) is 0 Å². The molecule has 1 aromatic carbocycles. The van der Waals surface area contributed by atoms with E-state index in [1.165, 1.54) is 9.80 Å². The first kappa shape index (κ1) is 15.6. The number of rotatable bonds is 5. The fourth-order valence-electron chi connectivity index (χ4n) is 2.29. The van der Waals surface area contributed by atoms with Gasteiger partial charge in [-0.1, -0.05) is 30.3 Å². The highest BCUT2D eigenvalue weighted by molar-refractivity contribution is 7.80. The lowest BCUT2D eigenvalue weighted by molar-refractivity contribution is -0.143. The summed E-state index contributed by atoms with van der Waals surface area (Å²) in [6.45, 7) is -0.463. The van der Waals surface area contributed by atoms with Crippen molar-refractivity contribution >= 4 is 29.1 Å². The molecule has 0 bridgehead atoms. The summed E-state index contributed by atoms with van der Waals surface area (Å²) in [6.07, 6.45) is 0. The number of nitrogens with zero attached hydrogens (tertiary/aromatic N) is 2. The summed E-state index contributed by atoms with van der Waals surface area (Å²) < 4.78 is 0. The van der Waals surface area contributed by atoms with Crippen LogP contribution in [0.3, 0.4) is 0 Å². The summed E-state index contributed by atoms with van der Waals surface area (Å²) in [6, 6.07) is 8.68. The van der Waals surface area contributed by atoms with E-state index in [9.17, 15) is 9.59 Å². The van der Waals surface area contributed by atoms with Gasteiger partial charge in [0, 0.05) is 0 Å². The number of aliphatic hydroxyl groups excluding tert-OH is 2. The number of carbonyl (C=O) groups excluding carboxylic acids is 2. The number of aliphatic hydroxyl groups is 2. The minimum Gasteiger partial charge on any atom is -0.395 e. The summed E-state index contributed by atoms with van der Waals surface area (Å²) in [5.74, 6) is -1.88. The highest BCUT2D eigenvalue weighted by Gasteiger charge is 2.43. The normalized spacial score (nSPS) is 16.8. The Labute approximate surface area is 127 Å². The Bertz CT molecular complexity index is 521. The molecule has 7 heteroatoms. The number of amides is 2. The van der Waals surface area contributed by atoms with Gasteiger partial charge < -0.3 is 10.2 Å². The maximum Gasteiger partial charge on any atom is 0.245 e. The Morgan fingerprint density at radius 2 is 1.43 bits per heavy atom. The SMILES string of the molecule is O=C1C(c2ccccc2)C(=O)N(CCO)C(=S)N1CCO. The van der Waals surface area contributed by atoms with Crippen LogP contribution in [0.15, 0.2) is 30.3 Å². The maximum atomic E-state index is 12.5. The molecule has 2 rings (SSSR count). The summed E-state index contributed by atoms with van der Waals surface area (Å²) in [7, 11) is 0. The van der Waals surface area contributed by atoms with Gasteiger partial charge in [-0.25, -0.2) is 0 Å². The van der Waals surface area contributed by atoms with Gasteiger partial charge in [-0.05, 0) is 17.8 Å². The van der Waals surface area contributed by atoms with E-state index in [1.807, 2.05) is 0 Å². The van der Waals surface area contributed by atoms with Gasteiger partial charge in [0.25, 0.3) is 0 Å². The predicted molar refractivity (Wildman–Crippen MR) is 79.4 cm³/mol. The van der Waals surface area contributed by atoms with E-state index in [1.54, 1.807) is 30.3 Å². The van der Waals surface area contributed by atoms with Crippen molar-refractivity contribution in [2.45, 2.75) is 5.92 Å². The van der Waals surface area contributed by atoms with Crippen molar-refractivity contribution in [1.82, 2.24) is 9.80 Å². The summed E-state index contributed by atoms with van der Waals surface area (Å²) in [4.78, 5) is 27.4. The van der Waals surface area contributed by atoms with Crippen LogP contribution in [0.4, 0.5) is 0 Å². The zero-order chi connectivity index (χ0) is 15.4. The molecule has 2 amide bonds. The second kappa shape index (κ2) is 6.75. The molecule has 21 heavy (non-hydrogen) atoms. The van der Waals surface area contributed by atoms with E-state index >= 15 is 0 Å². The molecule has 1 aliphatic rings. The van der Waals surface area contributed by atoms with E-state index < -0.39 is 17.7 Å². The standard InChI is InChI=1S/C14H16N2O4S/c17-8-6-15-12(19)11(10-4-2-1-3-5-10)13(20)16(7-9-18)14(15)21/h1-5,11,17-18H,6-9H2. The second-order valence-corrected chi connectivity index (χ2v) is 4.92. The first-order chi connectivity index (χ1) is 10.1. The maximum absolute atomic E-state index is 12.5. The highest BCUT2D eigenvalue weighted by atomic mass is 32.1. The van der Waals surface area contributed by atoms with Crippen LogP contribution in [0.1, 0.15) is 11.5 Å². The zero-order valence-corrected chi connectivity index (χ0v) is 12.1. The Morgan fingerprint density at radius 1 is 0.952 bits per heavy atom. The van der Waals surface area contributed by atoms with Crippen molar-refractivity contribution in [1.29, 1.82) is 0 Å². The van der Waals surface area contributed by atoms with E-state index in [2.05, 4.69) is 0 Å². The van der Waals surface area contributed by atoms with Crippen LogP contribution >= 0.6 is 12.2 Å². The quantitative estimate of drug-likeness (QED) is 0.577. The lowest BCUT2D eigenvalue weighted by Crippen LogP contribution is -2.59. The van der Waals surface area contributed by atoms with Gasteiger partial charge in [-0.15, -0.1) is 0 Å². The fraction of sp³-hybridized carbons (Fsp3) is 0.357. The van der Waals surface area contributed by atoms with Gasteiger partial charge in [0.1, 0.15) is 5.92 Å². The number of carbonyl (C=O) groups is 2. The molecule has 1 aliphatic heterocycles. The highest BCUT2D eigenvalue weighted by Crippen LogP contribution is 2.26. The molecule has 0 aliphatic carbocycles. The summed E-state index contributed by atoms with van der Waals surface area (Å²) in [5, 5.41) is 18.2. The second-order valence-electron chi connectivity index (χ2n) is 4.55. The number of benzene rings is 1. The molecule has 1 heterocycles. The third kappa shape index (κ3) is 2.94. The molecule has 0 radical (unpaired) electrons.